The molecule has 0 spiro atoms. The molecule has 1 N–H and O–H groups in total. The molecule has 0 aliphatic heterocycles. The summed E-state index contributed by atoms with van der Waals surface area (Å²) in [5, 5.41) is 3.30. The highest BCUT2D eigenvalue weighted by atomic mass is 32.1. The topological polar surface area (TPSA) is 71.0 Å². The van der Waals surface area contributed by atoms with E-state index in [4.69, 9.17) is 0 Å². The first-order chi connectivity index (χ1) is 16.6. The number of aromatic nitrogens is 3. The van der Waals surface area contributed by atoms with Crippen LogP contribution in [0.4, 0.5) is 5.82 Å². The first-order valence-electron chi connectivity index (χ1n) is 11.7. The Bertz CT molecular complexity index is 949. The minimum atomic E-state index is -0.00612. The lowest BCUT2D eigenvalue weighted by atomic mass is 10.1. The molecule has 8 heteroatoms. The SMILES string of the molecule is O=C(CCCCC(S)CCS)Nc1cccc(CN(Cc2ccccn2)Cc2ccccn2)n1. The second-order valence-corrected chi connectivity index (χ2v) is 9.44. The Hall–Kier alpha value is -2.42. The highest BCUT2D eigenvalue weighted by Gasteiger charge is 2.12. The van der Waals surface area contributed by atoms with E-state index in [2.05, 4.69) is 50.4 Å². The number of pyridine rings is 3. The molecule has 0 aromatic carbocycles. The summed E-state index contributed by atoms with van der Waals surface area (Å²) >= 11 is 8.79. The van der Waals surface area contributed by atoms with E-state index in [1.54, 1.807) is 12.4 Å². The van der Waals surface area contributed by atoms with Crippen molar-refractivity contribution in [2.24, 2.45) is 0 Å². The van der Waals surface area contributed by atoms with Crippen LogP contribution in [0.25, 0.3) is 0 Å². The van der Waals surface area contributed by atoms with Crippen LogP contribution in [0.1, 0.15) is 49.2 Å². The van der Waals surface area contributed by atoms with E-state index in [0.29, 0.717) is 37.1 Å². The number of anilines is 1. The fourth-order valence-electron chi connectivity index (χ4n) is 3.64. The van der Waals surface area contributed by atoms with Gasteiger partial charge in [-0.2, -0.15) is 25.3 Å². The van der Waals surface area contributed by atoms with E-state index in [0.717, 1.165) is 48.5 Å². The van der Waals surface area contributed by atoms with Crippen molar-refractivity contribution < 1.29 is 4.79 Å². The minimum Gasteiger partial charge on any atom is -0.311 e. The summed E-state index contributed by atoms with van der Waals surface area (Å²) in [6.07, 6.45) is 7.92. The standard InChI is InChI=1S/C26H33N5OS2/c32-26(13-2-1-11-24(34)14-17-33)30-25-12-7-10-23(29-25)20-31(18-21-8-3-5-15-27-21)19-22-9-4-6-16-28-22/h3-10,12,15-16,24,33-34H,1-2,11,13-14,17-20H2,(H,29,30,32). The number of unbranched alkanes of at least 4 members (excludes halogenated alkanes) is 1. The van der Waals surface area contributed by atoms with Gasteiger partial charge in [0, 0.05) is 43.7 Å². The highest BCUT2D eigenvalue weighted by Crippen LogP contribution is 2.15. The van der Waals surface area contributed by atoms with Crippen LogP contribution < -0.4 is 5.32 Å². The van der Waals surface area contributed by atoms with Crippen molar-refractivity contribution in [1.82, 2.24) is 19.9 Å². The molecule has 34 heavy (non-hydrogen) atoms. The van der Waals surface area contributed by atoms with Gasteiger partial charge in [0.05, 0.1) is 17.1 Å². The first-order valence-corrected chi connectivity index (χ1v) is 12.8. The van der Waals surface area contributed by atoms with Gasteiger partial charge in [0.1, 0.15) is 5.82 Å². The molecule has 0 radical (unpaired) electrons. The Labute approximate surface area is 213 Å². The molecule has 0 fully saturated rings. The predicted octanol–water partition coefficient (Wildman–Crippen LogP) is 5.19. The third-order valence-corrected chi connectivity index (χ3v) is 6.11. The largest absolute Gasteiger partial charge is 0.311 e. The number of nitrogens with zero attached hydrogens (tertiary/aromatic N) is 4. The number of hydrogen-bond donors (Lipinski definition) is 3. The number of carbonyl (C=O) groups is 1. The average molecular weight is 496 g/mol. The third-order valence-electron chi connectivity index (χ3n) is 5.34. The van der Waals surface area contributed by atoms with E-state index < -0.39 is 0 Å². The van der Waals surface area contributed by atoms with Crippen molar-refractivity contribution in [1.29, 1.82) is 0 Å². The summed E-state index contributed by atoms with van der Waals surface area (Å²) in [7, 11) is 0. The molecule has 1 unspecified atom stereocenters. The first kappa shape index (κ1) is 26.2. The number of rotatable bonds is 14. The van der Waals surface area contributed by atoms with Crippen molar-refractivity contribution in [3.8, 4) is 0 Å². The van der Waals surface area contributed by atoms with E-state index in [1.165, 1.54) is 0 Å². The molecule has 3 aromatic heterocycles. The average Bonchev–Trinajstić information content (AvgIpc) is 2.83. The summed E-state index contributed by atoms with van der Waals surface area (Å²) in [5.74, 6) is 1.42. The molecular weight excluding hydrogens is 462 g/mol. The summed E-state index contributed by atoms with van der Waals surface area (Å²) in [5.41, 5.74) is 2.86. The lowest BCUT2D eigenvalue weighted by molar-refractivity contribution is -0.116. The molecular formula is C26H33N5OS2. The van der Waals surface area contributed by atoms with E-state index in [1.807, 2.05) is 54.6 Å². The Kier molecular flexibility index (Phi) is 11.4. The van der Waals surface area contributed by atoms with Gasteiger partial charge in [-0.1, -0.05) is 24.6 Å². The van der Waals surface area contributed by atoms with Crippen molar-refractivity contribution >= 4 is 37.0 Å². The van der Waals surface area contributed by atoms with Crippen molar-refractivity contribution in [2.45, 2.75) is 57.0 Å². The van der Waals surface area contributed by atoms with Crippen LogP contribution in [0, 0.1) is 0 Å². The van der Waals surface area contributed by atoms with Crippen molar-refractivity contribution in [3.05, 3.63) is 84.1 Å². The van der Waals surface area contributed by atoms with Gasteiger partial charge >= 0.3 is 0 Å². The molecule has 3 heterocycles. The van der Waals surface area contributed by atoms with Crippen molar-refractivity contribution in [3.63, 3.8) is 0 Å². The number of thiol groups is 2. The number of nitrogens with one attached hydrogen (secondary N) is 1. The molecule has 0 bridgehead atoms. The lowest BCUT2D eigenvalue weighted by Crippen LogP contribution is -2.24. The van der Waals surface area contributed by atoms with Gasteiger partial charge in [0.25, 0.3) is 0 Å². The number of hydrogen-bond acceptors (Lipinski definition) is 7. The molecule has 180 valence electrons. The Morgan fingerprint density at radius 2 is 1.50 bits per heavy atom. The second-order valence-electron chi connectivity index (χ2n) is 8.26. The van der Waals surface area contributed by atoms with Gasteiger partial charge in [-0.15, -0.1) is 0 Å². The summed E-state index contributed by atoms with van der Waals surface area (Å²) in [6.45, 7) is 1.97. The van der Waals surface area contributed by atoms with Gasteiger partial charge in [-0.25, -0.2) is 4.98 Å². The van der Waals surface area contributed by atoms with E-state index >= 15 is 0 Å². The van der Waals surface area contributed by atoms with E-state index in [9.17, 15) is 4.79 Å². The molecule has 0 saturated heterocycles. The molecule has 1 atom stereocenters. The smallest absolute Gasteiger partial charge is 0.225 e. The van der Waals surface area contributed by atoms with Crippen LogP contribution in [-0.2, 0) is 24.4 Å². The fourth-order valence-corrected chi connectivity index (χ4v) is 4.47. The fraction of sp³-hybridized carbons (Fsp3) is 0.385. The van der Waals surface area contributed by atoms with Gasteiger partial charge < -0.3 is 5.32 Å². The van der Waals surface area contributed by atoms with Crippen molar-refractivity contribution in [2.75, 3.05) is 11.1 Å². The number of carbonyl (C=O) groups excluding carboxylic acids is 1. The zero-order valence-corrected chi connectivity index (χ0v) is 21.2. The third kappa shape index (κ3) is 9.83. The molecule has 0 saturated carbocycles. The Morgan fingerprint density at radius 3 is 2.12 bits per heavy atom. The van der Waals surface area contributed by atoms with Gasteiger partial charge in [-0.05, 0) is 61.4 Å². The normalized spacial score (nSPS) is 12.0. The molecule has 0 aliphatic rings. The van der Waals surface area contributed by atoms with Crippen LogP contribution in [0.15, 0.2) is 67.0 Å². The molecule has 1 amide bonds. The van der Waals surface area contributed by atoms with Crippen LogP contribution >= 0.6 is 25.3 Å². The predicted molar refractivity (Wildman–Crippen MR) is 144 cm³/mol. The molecule has 3 rings (SSSR count). The minimum absolute atomic E-state index is 0.00612. The summed E-state index contributed by atoms with van der Waals surface area (Å²) in [4.78, 5) is 28.3. The zero-order chi connectivity index (χ0) is 24.0. The van der Waals surface area contributed by atoms with Crippen LogP contribution in [-0.4, -0.2) is 36.8 Å². The maximum Gasteiger partial charge on any atom is 0.225 e. The molecule has 6 nitrogen and oxygen atoms in total. The molecule has 3 aromatic rings. The summed E-state index contributed by atoms with van der Waals surface area (Å²) < 4.78 is 0. The summed E-state index contributed by atoms with van der Waals surface area (Å²) in [6, 6.07) is 17.6. The van der Waals surface area contributed by atoms with Crippen LogP contribution in [0.5, 0.6) is 0 Å². The van der Waals surface area contributed by atoms with Gasteiger partial charge in [-0.3, -0.25) is 19.7 Å². The molecule has 0 aliphatic carbocycles. The Morgan fingerprint density at radius 1 is 0.853 bits per heavy atom. The monoisotopic (exact) mass is 495 g/mol. The van der Waals surface area contributed by atoms with E-state index in [-0.39, 0.29) is 5.91 Å². The number of amides is 1. The quantitative estimate of drug-likeness (QED) is 0.212. The highest BCUT2D eigenvalue weighted by molar-refractivity contribution is 7.81. The van der Waals surface area contributed by atoms with Gasteiger partial charge in [0.2, 0.25) is 5.91 Å². The van der Waals surface area contributed by atoms with Crippen LogP contribution in [0.3, 0.4) is 0 Å². The van der Waals surface area contributed by atoms with Crippen LogP contribution in [0.2, 0.25) is 0 Å². The maximum absolute atomic E-state index is 12.4. The second kappa shape index (κ2) is 14.8. The zero-order valence-electron chi connectivity index (χ0n) is 19.4. The van der Waals surface area contributed by atoms with Gasteiger partial charge in [0.15, 0.2) is 0 Å². The lowest BCUT2D eigenvalue weighted by Gasteiger charge is -2.21. The maximum atomic E-state index is 12.4. The Balaban J connectivity index is 1.56.